The average Bonchev–Trinajstić information content (AvgIpc) is 2.73. The summed E-state index contributed by atoms with van der Waals surface area (Å²) in [5, 5.41) is 9.35. The number of Topliss-reactive ketones (excluding diaryl/α,β-unsaturated/α-hetero) is 1. The number of carbonyl (C=O) groups excluding carboxylic acids is 1. The Morgan fingerprint density at radius 1 is 1.40 bits per heavy atom. The van der Waals surface area contributed by atoms with Crippen LogP contribution < -0.4 is 5.73 Å². The number of ketones is 1. The summed E-state index contributed by atoms with van der Waals surface area (Å²) >= 11 is 0. The highest BCUT2D eigenvalue weighted by molar-refractivity contribution is 5.99. The minimum absolute atomic E-state index is 0.0179. The lowest BCUT2D eigenvalue weighted by Crippen LogP contribution is -2.29. The molecule has 80 valence electrons. The molecular weight excluding hydrogens is 190 g/mol. The van der Waals surface area contributed by atoms with E-state index < -0.39 is 6.10 Å². The van der Waals surface area contributed by atoms with Crippen LogP contribution in [-0.2, 0) is 12.8 Å². The highest BCUT2D eigenvalue weighted by Gasteiger charge is 2.18. The van der Waals surface area contributed by atoms with Crippen molar-refractivity contribution < 1.29 is 9.90 Å². The summed E-state index contributed by atoms with van der Waals surface area (Å²) in [6, 6.07) is 5.66. The van der Waals surface area contributed by atoms with Crippen LogP contribution in [0.15, 0.2) is 18.2 Å². The molecule has 0 aromatic heterocycles. The van der Waals surface area contributed by atoms with Crippen molar-refractivity contribution in [1.82, 2.24) is 0 Å². The summed E-state index contributed by atoms with van der Waals surface area (Å²) in [4.78, 5) is 11.6. The first-order chi connectivity index (χ1) is 7.22. The molecule has 0 aliphatic heterocycles. The normalized spacial score (nSPS) is 16.1. The second kappa shape index (κ2) is 4.13. The van der Waals surface area contributed by atoms with E-state index in [1.165, 1.54) is 11.1 Å². The summed E-state index contributed by atoms with van der Waals surface area (Å²) in [6.07, 6.45) is 2.23. The SMILES string of the molecule is NCC(O)C(=O)c1ccc2c(c1)CCC2. The quantitative estimate of drug-likeness (QED) is 0.713. The van der Waals surface area contributed by atoms with E-state index in [0.29, 0.717) is 5.56 Å². The molecule has 0 saturated heterocycles. The van der Waals surface area contributed by atoms with Crippen LogP contribution in [0.2, 0.25) is 0 Å². The summed E-state index contributed by atoms with van der Waals surface area (Å²) in [5.74, 6) is -0.271. The van der Waals surface area contributed by atoms with E-state index in [9.17, 15) is 9.90 Å². The number of nitrogens with two attached hydrogens (primary N) is 1. The van der Waals surface area contributed by atoms with Crippen LogP contribution in [0.4, 0.5) is 0 Å². The molecule has 1 aliphatic rings. The molecule has 15 heavy (non-hydrogen) atoms. The first kappa shape index (κ1) is 10.3. The molecule has 1 unspecified atom stereocenters. The Kier molecular flexibility index (Phi) is 2.84. The van der Waals surface area contributed by atoms with E-state index in [1.54, 1.807) is 6.07 Å². The number of aliphatic hydroxyl groups is 1. The summed E-state index contributed by atoms with van der Waals surface area (Å²) in [5.41, 5.74) is 8.40. The van der Waals surface area contributed by atoms with Gasteiger partial charge in [0.2, 0.25) is 0 Å². The van der Waals surface area contributed by atoms with Gasteiger partial charge in [-0.2, -0.15) is 0 Å². The average molecular weight is 205 g/mol. The first-order valence-electron chi connectivity index (χ1n) is 5.26. The zero-order valence-corrected chi connectivity index (χ0v) is 8.57. The fraction of sp³-hybridized carbons (Fsp3) is 0.417. The van der Waals surface area contributed by atoms with Crippen molar-refractivity contribution in [3.8, 4) is 0 Å². The van der Waals surface area contributed by atoms with E-state index >= 15 is 0 Å². The molecule has 1 aromatic carbocycles. The maximum Gasteiger partial charge on any atom is 0.192 e. The van der Waals surface area contributed by atoms with Crippen LogP contribution in [0.5, 0.6) is 0 Å². The molecule has 0 saturated carbocycles. The Bertz CT molecular complexity index is 387. The summed E-state index contributed by atoms with van der Waals surface area (Å²) in [7, 11) is 0. The maximum absolute atomic E-state index is 11.6. The van der Waals surface area contributed by atoms with Crippen molar-refractivity contribution in [2.75, 3.05) is 6.54 Å². The Morgan fingerprint density at radius 3 is 2.87 bits per heavy atom. The van der Waals surface area contributed by atoms with Crippen LogP contribution >= 0.6 is 0 Å². The highest BCUT2D eigenvalue weighted by Crippen LogP contribution is 2.23. The topological polar surface area (TPSA) is 63.3 Å². The van der Waals surface area contributed by atoms with Crippen LogP contribution in [0, 0.1) is 0 Å². The number of aryl methyl sites for hydroxylation is 2. The smallest absolute Gasteiger partial charge is 0.192 e. The van der Waals surface area contributed by atoms with Gasteiger partial charge in [-0.15, -0.1) is 0 Å². The van der Waals surface area contributed by atoms with E-state index in [4.69, 9.17) is 5.73 Å². The van der Waals surface area contributed by atoms with Crippen molar-refractivity contribution in [2.24, 2.45) is 5.73 Å². The second-order valence-electron chi connectivity index (χ2n) is 3.95. The van der Waals surface area contributed by atoms with Crippen molar-refractivity contribution in [1.29, 1.82) is 0 Å². The molecule has 0 spiro atoms. The molecular formula is C12H15NO2. The van der Waals surface area contributed by atoms with Crippen molar-refractivity contribution in [2.45, 2.75) is 25.4 Å². The van der Waals surface area contributed by atoms with Gasteiger partial charge in [-0.25, -0.2) is 0 Å². The zero-order valence-electron chi connectivity index (χ0n) is 8.57. The number of carbonyl (C=O) groups is 1. The predicted molar refractivity (Wildman–Crippen MR) is 57.9 cm³/mol. The van der Waals surface area contributed by atoms with Crippen LogP contribution in [0.1, 0.15) is 27.9 Å². The van der Waals surface area contributed by atoms with Gasteiger partial charge in [0.1, 0.15) is 6.10 Å². The zero-order chi connectivity index (χ0) is 10.8. The van der Waals surface area contributed by atoms with Crippen molar-refractivity contribution in [3.63, 3.8) is 0 Å². The third kappa shape index (κ3) is 1.94. The fourth-order valence-corrected chi connectivity index (χ4v) is 2.02. The van der Waals surface area contributed by atoms with Crippen LogP contribution in [0.25, 0.3) is 0 Å². The lowest BCUT2D eigenvalue weighted by Gasteiger charge is -2.08. The van der Waals surface area contributed by atoms with Gasteiger partial charge < -0.3 is 10.8 Å². The van der Waals surface area contributed by atoms with Crippen molar-refractivity contribution >= 4 is 5.78 Å². The standard InChI is InChI=1S/C12H15NO2/c13-7-11(14)12(15)10-5-4-8-2-1-3-9(8)6-10/h4-6,11,14H,1-3,7,13H2. The Morgan fingerprint density at radius 2 is 2.13 bits per heavy atom. The fourth-order valence-electron chi connectivity index (χ4n) is 2.02. The lowest BCUT2D eigenvalue weighted by atomic mass is 10.0. The van der Waals surface area contributed by atoms with Crippen LogP contribution in [0.3, 0.4) is 0 Å². The molecule has 0 radical (unpaired) electrons. The Labute approximate surface area is 88.9 Å². The minimum atomic E-state index is -1.07. The summed E-state index contributed by atoms with van der Waals surface area (Å²) < 4.78 is 0. The summed E-state index contributed by atoms with van der Waals surface area (Å²) in [6.45, 7) is -0.0179. The molecule has 3 nitrogen and oxygen atoms in total. The van der Waals surface area contributed by atoms with Crippen molar-refractivity contribution in [3.05, 3.63) is 34.9 Å². The number of aliphatic hydroxyl groups excluding tert-OH is 1. The van der Waals surface area contributed by atoms with Gasteiger partial charge >= 0.3 is 0 Å². The third-order valence-corrected chi connectivity index (χ3v) is 2.91. The van der Waals surface area contributed by atoms with Gasteiger partial charge in [0, 0.05) is 12.1 Å². The molecule has 0 heterocycles. The van der Waals surface area contributed by atoms with Gasteiger partial charge in [-0.3, -0.25) is 4.79 Å². The van der Waals surface area contributed by atoms with Gasteiger partial charge in [0.15, 0.2) is 5.78 Å². The monoisotopic (exact) mass is 205 g/mol. The molecule has 3 heteroatoms. The molecule has 1 aromatic rings. The number of rotatable bonds is 3. The second-order valence-corrected chi connectivity index (χ2v) is 3.95. The van der Waals surface area contributed by atoms with Crippen LogP contribution in [-0.4, -0.2) is 23.5 Å². The number of benzene rings is 1. The molecule has 1 atom stereocenters. The molecule has 0 amide bonds. The highest BCUT2D eigenvalue weighted by atomic mass is 16.3. The van der Waals surface area contributed by atoms with Gasteiger partial charge in [0.05, 0.1) is 0 Å². The van der Waals surface area contributed by atoms with Gasteiger partial charge in [-0.1, -0.05) is 12.1 Å². The number of hydrogen-bond acceptors (Lipinski definition) is 3. The first-order valence-corrected chi connectivity index (χ1v) is 5.26. The van der Waals surface area contributed by atoms with E-state index in [-0.39, 0.29) is 12.3 Å². The lowest BCUT2D eigenvalue weighted by molar-refractivity contribution is 0.0763. The molecule has 0 bridgehead atoms. The molecule has 3 N–H and O–H groups in total. The molecule has 1 aliphatic carbocycles. The largest absolute Gasteiger partial charge is 0.384 e. The van der Waals surface area contributed by atoms with E-state index in [0.717, 1.165) is 19.3 Å². The Hall–Kier alpha value is -1.19. The van der Waals surface area contributed by atoms with Gasteiger partial charge in [0.25, 0.3) is 0 Å². The van der Waals surface area contributed by atoms with Gasteiger partial charge in [-0.05, 0) is 36.5 Å². The predicted octanol–water partition coefficient (Wildman–Crippen LogP) is 0.678. The third-order valence-electron chi connectivity index (χ3n) is 2.91. The maximum atomic E-state index is 11.6. The van der Waals surface area contributed by atoms with E-state index in [1.807, 2.05) is 12.1 Å². The number of fused-ring (bicyclic) bond motifs is 1. The minimum Gasteiger partial charge on any atom is -0.384 e. The van der Waals surface area contributed by atoms with E-state index in [2.05, 4.69) is 0 Å². The Balaban J connectivity index is 2.26. The number of hydrogen-bond donors (Lipinski definition) is 2. The molecule has 2 rings (SSSR count). The molecule has 0 fully saturated rings.